The molecule has 0 spiro atoms. The van der Waals surface area contributed by atoms with Gasteiger partial charge in [-0.25, -0.2) is 13.2 Å². The number of methoxy groups -OCH3 is 3. The summed E-state index contributed by atoms with van der Waals surface area (Å²) < 4.78 is 40.9. The minimum Gasteiger partial charge on any atom is -0.495 e. The molecule has 0 aliphatic carbocycles. The fourth-order valence-corrected chi connectivity index (χ4v) is 3.92. The molecule has 168 valence electrons. The van der Waals surface area contributed by atoms with Crippen molar-refractivity contribution in [1.29, 1.82) is 0 Å². The van der Waals surface area contributed by atoms with Crippen LogP contribution in [0.3, 0.4) is 0 Å². The molecule has 0 fully saturated rings. The van der Waals surface area contributed by atoms with Crippen LogP contribution in [-0.2, 0) is 19.6 Å². The number of esters is 1. The van der Waals surface area contributed by atoms with E-state index in [0.29, 0.717) is 22.9 Å². The second-order valence-electron chi connectivity index (χ2n) is 6.57. The lowest BCUT2D eigenvalue weighted by atomic mass is 10.1. The third kappa shape index (κ3) is 6.35. The van der Waals surface area contributed by atoms with Crippen LogP contribution in [0.4, 0.5) is 11.4 Å². The van der Waals surface area contributed by atoms with Gasteiger partial charge in [-0.1, -0.05) is 12.1 Å². The zero-order valence-electron chi connectivity index (χ0n) is 17.9. The number of anilines is 2. The fraction of sp³-hybridized carbons (Fsp3) is 0.333. The first-order valence-electron chi connectivity index (χ1n) is 9.38. The Hall–Kier alpha value is -3.27. The Morgan fingerprint density at radius 1 is 1.00 bits per heavy atom. The minimum atomic E-state index is -3.59. The van der Waals surface area contributed by atoms with Gasteiger partial charge in [0, 0.05) is 13.0 Å². The lowest BCUT2D eigenvalue weighted by Crippen LogP contribution is -2.31. The Morgan fingerprint density at radius 3 is 2.29 bits per heavy atom. The number of para-hydroxylation sites is 2. The molecule has 0 saturated heterocycles. The van der Waals surface area contributed by atoms with Crippen molar-refractivity contribution in [3.05, 3.63) is 48.0 Å². The van der Waals surface area contributed by atoms with Gasteiger partial charge in [0.2, 0.25) is 15.9 Å². The van der Waals surface area contributed by atoms with Gasteiger partial charge in [-0.15, -0.1) is 0 Å². The van der Waals surface area contributed by atoms with Gasteiger partial charge >= 0.3 is 5.97 Å². The van der Waals surface area contributed by atoms with Crippen molar-refractivity contribution in [1.82, 2.24) is 0 Å². The SMILES string of the molecule is COC(=O)c1ccc(OC)c(NC(=O)CCCN(c2ccccc2OC)S(C)(=O)=O)c1. The molecule has 9 nitrogen and oxygen atoms in total. The average Bonchev–Trinajstić information content (AvgIpc) is 2.75. The number of nitrogens with one attached hydrogen (secondary N) is 1. The second-order valence-corrected chi connectivity index (χ2v) is 8.47. The zero-order valence-corrected chi connectivity index (χ0v) is 18.7. The van der Waals surface area contributed by atoms with Crippen molar-refractivity contribution < 1.29 is 32.2 Å². The Balaban J connectivity index is 2.09. The van der Waals surface area contributed by atoms with Gasteiger partial charge in [0.05, 0.1) is 44.5 Å². The molecule has 0 bridgehead atoms. The lowest BCUT2D eigenvalue weighted by Gasteiger charge is -2.24. The predicted molar refractivity (Wildman–Crippen MR) is 117 cm³/mol. The summed E-state index contributed by atoms with van der Waals surface area (Å²) in [6.45, 7) is 0.0892. The Morgan fingerprint density at radius 2 is 1.68 bits per heavy atom. The normalized spacial score (nSPS) is 10.8. The van der Waals surface area contributed by atoms with E-state index in [4.69, 9.17) is 9.47 Å². The first-order chi connectivity index (χ1) is 14.7. The summed E-state index contributed by atoms with van der Waals surface area (Å²) in [5.74, 6) is -0.0953. The summed E-state index contributed by atoms with van der Waals surface area (Å²) in [5.41, 5.74) is 0.985. The fourth-order valence-electron chi connectivity index (χ4n) is 2.95. The number of amides is 1. The van der Waals surface area contributed by atoms with E-state index in [-0.39, 0.29) is 30.9 Å². The van der Waals surface area contributed by atoms with E-state index in [1.54, 1.807) is 30.3 Å². The van der Waals surface area contributed by atoms with Crippen LogP contribution in [0.1, 0.15) is 23.2 Å². The second kappa shape index (κ2) is 10.7. The Bertz CT molecular complexity index is 1040. The summed E-state index contributed by atoms with van der Waals surface area (Å²) >= 11 is 0. The first-order valence-corrected chi connectivity index (χ1v) is 11.2. The molecule has 0 aromatic heterocycles. The topological polar surface area (TPSA) is 111 Å². The molecule has 2 aromatic carbocycles. The largest absolute Gasteiger partial charge is 0.495 e. The predicted octanol–water partition coefficient (Wildman–Crippen LogP) is 2.68. The summed E-state index contributed by atoms with van der Waals surface area (Å²) in [6.07, 6.45) is 1.41. The van der Waals surface area contributed by atoms with Crippen molar-refractivity contribution in [2.45, 2.75) is 12.8 Å². The quantitative estimate of drug-likeness (QED) is 0.554. The number of sulfonamides is 1. The third-order valence-corrected chi connectivity index (χ3v) is 5.59. The summed E-state index contributed by atoms with van der Waals surface area (Å²) in [4.78, 5) is 24.2. The van der Waals surface area contributed by atoms with Crippen LogP contribution in [0.15, 0.2) is 42.5 Å². The Labute approximate surface area is 182 Å². The highest BCUT2D eigenvalue weighted by Gasteiger charge is 2.21. The van der Waals surface area contributed by atoms with E-state index in [9.17, 15) is 18.0 Å². The van der Waals surface area contributed by atoms with Gasteiger partial charge in [0.1, 0.15) is 11.5 Å². The molecule has 0 radical (unpaired) electrons. The van der Waals surface area contributed by atoms with E-state index in [0.717, 1.165) is 6.26 Å². The van der Waals surface area contributed by atoms with E-state index < -0.39 is 16.0 Å². The van der Waals surface area contributed by atoms with Gasteiger partial charge in [-0.3, -0.25) is 9.10 Å². The Kier molecular flexibility index (Phi) is 8.26. The van der Waals surface area contributed by atoms with Gasteiger partial charge in [0.15, 0.2) is 0 Å². The molecule has 0 aliphatic heterocycles. The molecule has 0 heterocycles. The monoisotopic (exact) mass is 450 g/mol. The van der Waals surface area contributed by atoms with E-state index in [1.807, 2.05) is 0 Å². The van der Waals surface area contributed by atoms with Crippen LogP contribution in [0.5, 0.6) is 11.5 Å². The van der Waals surface area contributed by atoms with Gasteiger partial charge in [-0.2, -0.15) is 0 Å². The summed E-state index contributed by atoms with van der Waals surface area (Å²) in [5, 5.41) is 2.69. The number of carbonyl (C=O) groups is 2. The molecule has 1 N–H and O–H groups in total. The number of hydrogen-bond acceptors (Lipinski definition) is 7. The molecule has 2 rings (SSSR count). The van der Waals surface area contributed by atoms with Gasteiger partial charge < -0.3 is 19.5 Å². The van der Waals surface area contributed by atoms with Crippen LogP contribution >= 0.6 is 0 Å². The van der Waals surface area contributed by atoms with Gasteiger partial charge in [-0.05, 0) is 36.8 Å². The zero-order chi connectivity index (χ0) is 23.0. The van der Waals surface area contributed by atoms with Crippen LogP contribution < -0.4 is 19.1 Å². The van der Waals surface area contributed by atoms with E-state index in [1.165, 1.54) is 37.8 Å². The van der Waals surface area contributed by atoms with Crippen molar-refractivity contribution in [2.75, 3.05) is 43.8 Å². The number of ether oxygens (including phenoxy) is 3. The molecule has 0 aliphatic rings. The molecule has 0 atom stereocenters. The lowest BCUT2D eigenvalue weighted by molar-refractivity contribution is -0.116. The minimum absolute atomic E-state index is 0.0484. The smallest absolute Gasteiger partial charge is 0.337 e. The molecule has 0 saturated carbocycles. The first kappa shape index (κ1) is 24.0. The molecular weight excluding hydrogens is 424 g/mol. The van der Waals surface area contributed by atoms with Crippen LogP contribution in [0, 0.1) is 0 Å². The standard InChI is InChI=1S/C21H26N2O7S/c1-28-18-12-11-15(21(25)30-3)14-16(18)22-20(24)10-7-13-23(31(4,26)27)17-8-5-6-9-19(17)29-2/h5-6,8-9,11-12,14H,7,10,13H2,1-4H3,(H,22,24). The highest BCUT2D eigenvalue weighted by atomic mass is 32.2. The van der Waals surface area contributed by atoms with Crippen LogP contribution in [0.2, 0.25) is 0 Å². The number of carbonyl (C=O) groups excluding carboxylic acids is 2. The van der Waals surface area contributed by atoms with E-state index >= 15 is 0 Å². The van der Waals surface area contributed by atoms with Crippen LogP contribution in [-0.4, -0.2) is 54.4 Å². The number of nitrogens with zero attached hydrogens (tertiary/aromatic N) is 1. The number of hydrogen-bond donors (Lipinski definition) is 1. The highest BCUT2D eigenvalue weighted by molar-refractivity contribution is 7.92. The average molecular weight is 451 g/mol. The van der Waals surface area contributed by atoms with Crippen molar-refractivity contribution >= 4 is 33.3 Å². The summed E-state index contributed by atoms with van der Waals surface area (Å²) in [7, 11) is 0.583. The van der Waals surface area contributed by atoms with Gasteiger partial charge in [0.25, 0.3) is 0 Å². The van der Waals surface area contributed by atoms with Crippen LogP contribution in [0.25, 0.3) is 0 Å². The maximum absolute atomic E-state index is 12.4. The van der Waals surface area contributed by atoms with Crippen molar-refractivity contribution in [2.24, 2.45) is 0 Å². The molecule has 31 heavy (non-hydrogen) atoms. The third-order valence-electron chi connectivity index (χ3n) is 4.41. The molecular formula is C21H26N2O7S. The number of rotatable bonds is 10. The summed E-state index contributed by atoms with van der Waals surface area (Å²) in [6, 6.07) is 11.3. The maximum atomic E-state index is 12.4. The van der Waals surface area contributed by atoms with E-state index in [2.05, 4.69) is 10.1 Å². The highest BCUT2D eigenvalue weighted by Crippen LogP contribution is 2.30. The molecule has 0 unspecified atom stereocenters. The molecule has 1 amide bonds. The molecule has 10 heteroatoms. The van der Waals surface area contributed by atoms with Crippen molar-refractivity contribution in [3.8, 4) is 11.5 Å². The van der Waals surface area contributed by atoms with Crippen molar-refractivity contribution in [3.63, 3.8) is 0 Å². The molecule has 2 aromatic rings. The maximum Gasteiger partial charge on any atom is 0.337 e. The number of benzene rings is 2.